The van der Waals surface area contributed by atoms with Gasteiger partial charge >= 0.3 is 0 Å². The van der Waals surface area contributed by atoms with Crippen molar-refractivity contribution < 1.29 is 4.79 Å². The zero-order valence-corrected chi connectivity index (χ0v) is 13.9. The number of nitrogens with zero attached hydrogens (tertiary/aromatic N) is 3. The minimum atomic E-state index is -0.219. The third-order valence-electron chi connectivity index (χ3n) is 2.96. The number of aromatic nitrogens is 3. The van der Waals surface area contributed by atoms with Crippen molar-refractivity contribution in [2.24, 2.45) is 0 Å². The highest BCUT2D eigenvalue weighted by atomic mass is 35.5. The number of nitrogens with one attached hydrogen (secondary N) is 1. The number of hydrogen-bond acceptors (Lipinski definition) is 6. The molecule has 3 aromatic rings. The summed E-state index contributed by atoms with van der Waals surface area (Å²) in [5, 5.41) is 9.85. The summed E-state index contributed by atoms with van der Waals surface area (Å²) < 4.78 is 3.82. The van der Waals surface area contributed by atoms with Crippen LogP contribution in [0.5, 0.6) is 0 Å². The third kappa shape index (κ3) is 3.16. The summed E-state index contributed by atoms with van der Waals surface area (Å²) in [6.07, 6.45) is 0.674. The lowest BCUT2D eigenvalue weighted by atomic mass is 10.2. The van der Waals surface area contributed by atoms with E-state index in [4.69, 9.17) is 11.6 Å². The van der Waals surface area contributed by atoms with Gasteiger partial charge in [0.15, 0.2) is 5.13 Å². The highest BCUT2D eigenvalue weighted by Crippen LogP contribution is 2.26. The Morgan fingerprint density at radius 3 is 2.82 bits per heavy atom. The molecule has 1 amide bonds. The Kier molecular flexibility index (Phi) is 4.47. The molecule has 0 aliphatic carbocycles. The van der Waals surface area contributed by atoms with Crippen molar-refractivity contribution in [1.29, 1.82) is 0 Å². The van der Waals surface area contributed by atoms with Gasteiger partial charge in [0, 0.05) is 16.0 Å². The van der Waals surface area contributed by atoms with E-state index in [0.717, 1.165) is 22.8 Å². The van der Waals surface area contributed by atoms with Gasteiger partial charge in [-0.15, -0.1) is 16.4 Å². The fourth-order valence-electron chi connectivity index (χ4n) is 1.85. The first-order valence-electron chi connectivity index (χ1n) is 6.51. The molecule has 0 unspecified atom stereocenters. The van der Waals surface area contributed by atoms with Crippen molar-refractivity contribution in [3.05, 3.63) is 45.2 Å². The van der Waals surface area contributed by atoms with Crippen LogP contribution in [0.25, 0.3) is 11.3 Å². The quantitative estimate of drug-likeness (QED) is 0.768. The number of carbonyl (C=O) groups is 1. The molecule has 2 aromatic heterocycles. The van der Waals surface area contributed by atoms with Crippen LogP contribution in [0.1, 0.15) is 22.3 Å². The Balaban J connectivity index is 1.77. The molecule has 1 aromatic carbocycles. The molecule has 0 aliphatic rings. The molecule has 3 rings (SSSR count). The molecule has 1 N–H and O–H groups in total. The maximum atomic E-state index is 12.2. The van der Waals surface area contributed by atoms with Crippen LogP contribution in [0.15, 0.2) is 29.6 Å². The highest BCUT2D eigenvalue weighted by molar-refractivity contribution is 7.14. The van der Waals surface area contributed by atoms with Gasteiger partial charge in [-0.1, -0.05) is 35.1 Å². The van der Waals surface area contributed by atoms with Crippen molar-refractivity contribution in [2.75, 3.05) is 5.32 Å². The van der Waals surface area contributed by atoms with E-state index in [1.165, 1.54) is 11.3 Å². The van der Waals surface area contributed by atoms with Gasteiger partial charge in [0.25, 0.3) is 5.91 Å². The molecule has 8 heteroatoms. The van der Waals surface area contributed by atoms with Gasteiger partial charge in [-0.25, -0.2) is 4.98 Å². The van der Waals surface area contributed by atoms with E-state index in [9.17, 15) is 4.79 Å². The summed E-state index contributed by atoms with van der Waals surface area (Å²) in [6.45, 7) is 1.94. The zero-order valence-electron chi connectivity index (χ0n) is 11.5. The van der Waals surface area contributed by atoms with E-state index in [1.807, 2.05) is 36.6 Å². The number of thiazole rings is 1. The van der Waals surface area contributed by atoms with Crippen LogP contribution in [0, 0.1) is 0 Å². The zero-order chi connectivity index (χ0) is 15.5. The number of halogens is 1. The molecule has 0 atom stereocenters. The van der Waals surface area contributed by atoms with Crippen molar-refractivity contribution >= 4 is 45.5 Å². The number of hydrogen-bond donors (Lipinski definition) is 1. The fourth-order valence-corrected chi connectivity index (χ4v) is 3.34. The average Bonchev–Trinajstić information content (AvgIpc) is 3.16. The lowest BCUT2D eigenvalue weighted by molar-refractivity contribution is 0.102. The van der Waals surface area contributed by atoms with Gasteiger partial charge < -0.3 is 0 Å². The number of rotatable bonds is 4. The molecule has 0 radical (unpaired) electrons. The summed E-state index contributed by atoms with van der Waals surface area (Å²) in [5.41, 5.74) is 2.46. The van der Waals surface area contributed by atoms with Gasteiger partial charge in [0.1, 0.15) is 4.88 Å². The van der Waals surface area contributed by atoms with Crippen LogP contribution in [0.3, 0.4) is 0 Å². The number of amides is 1. The van der Waals surface area contributed by atoms with Crippen LogP contribution < -0.4 is 5.32 Å². The summed E-state index contributed by atoms with van der Waals surface area (Å²) in [6, 6.07) is 7.41. The molecule has 5 nitrogen and oxygen atoms in total. The molecule has 0 fully saturated rings. The van der Waals surface area contributed by atoms with Gasteiger partial charge in [-0.2, -0.15) is 0 Å². The largest absolute Gasteiger partial charge is 0.297 e. The van der Waals surface area contributed by atoms with E-state index in [1.54, 1.807) is 0 Å². The van der Waals surface area contributed by atoms with Crippen molar-refractivity contribution in [2.45, 2.75) is 13.3 Å². The van der Waals surface area contributed by atoms with E-state index in [0.29, 0.717) is 27.1 Å². The Hall–Kier alpha value is -1.83. The SMILES string of the molecule is CCc1nnsc1C(=O)Nc1nc(-c2ccc(Cl)cc2)cs1. The molecule has 0 saturated heterocycles. The van der Waals surface area contributed by atoms with E-state index >= 15 is 0 Å². The predicted octanol–water partition coefficient (Wildman–Crippen LogP) is 4.13. The van der Waals surface area contributed by atoms with Gasteiger partial charge in [-0.05, 0) is 30.1 Å². The first-order chi connectivity index (χ1) is 10.7. The number of benzene rings is 1. The highest BCUT2D eigenvalue weighted by Gasteiger charge is 2.16. The molecular weight excluding hydrogens is 340 g/mol. The Morgan fingerprint density at radius 1 is 1.32 bits per heavy atom. The number of anilines is 1. The maximum Gasteiger partial charge on any atom is 0.271 e. The monoisotopic (exact) mass is 350 g/mol. The first kappa shape index (κ1) is 15.1. The summed E-state index contributed by atoms with van der Waals surface area (Å²) in [5.74, 6) is -0.219. The van der Waals surface area contributed by atoms with Crippen LogP contribution in [0.4, 0.5) is 5.13 Å². The predicted molar refractivity (Wildman–Crippen MR) is 89.8 cm³/mol. The van der Waals surface area contributed by atoms with Crippen molar-refractivity contribution in [1.82, 2.24) is 14.6 Å². The van der Waals surface area contributed by atoms with Crippen LogP contribution in [0.2, 0.25) is 5.02 Å². The van der Waals surface area contributed by atoms with Crippen LogP contribution >= 0.6 is 34.5 Å². The van der Waals surface area contributed by atoms with Gasteiger partial charge in [0.2, 0.25) is 0 Å². The lowest BCUT2D eigenvalue weighted by Crippen LogP contribution is -2.12. The smallest absolute Gasteiger partial charge is 0.271 e. The molecule has 0 aliphatic heterocycles. The van der Waals surface area contributed by atoms with E-state index < -0.39 is 0 Å². The molecule has 0 bridgehead atoms. The average molecular weight is 351 g/mol. The third-order valence-corrected chi connectivity index (χ3v) is 4.74. The minimum absolute atomic E-state index is 0.219. The van der Waals surface area contributed by atoms with Crippen LogP contribution in [-0.2, 0) is 6.42 Å². The summed E-state index contributed by atoms with van der Waals surface area (Å²) in [7, 11) is 0. The standard InChI is InChI=1S/C14H11ClN4OS2/c1-2-10-12(22-19-18-10)13(20)17-14-16-11(7-21-14)8-3-5-9(15)6-4-8/h3-7H,2H2,1H3,(H,16,17,20). The normalized spacial score (nSPS) is 10.6. The van der Waals surface area contributed by atoms with Crippen LogP contribution in [-0.4, -0.2) is 20.5 Å². The first-order valence-corrected chi connectivity index (χ1v) is 8.54. The number of carbonyl (C=O) groups excluding carboxylic acids is 1. The molecule has 0 spiro atoms. The van der Waals surface area contributed by atoms with Crippen molar-refractivity contribution in [3.8, 4) is 11.3 Å². The topological polar surface area (TPSA) is 67.8 Å². The van der Waals surface area contributed by atoms with Gasteiger partial charge in [-0.3, -0.25) is 10.1 Å². The Labute approximate surface area is 140 Å². The van der Waals surface area contributed by atoms with Crippen molar-refractivity contribution in [3.63, 3.8) is 0 Å². The molecule has 2 heterocycles. The Morgan fingerprint density at radius 2 is 2.09 bits per heavy atom. The fraction of sp³-hybridized carbons (Fsp3) is 0.143. The molecule has 0 saturated carbocycles. The maximum absolute atomic E-state index is 12.2. The molecule has 22 heavy (non-hydrogen) atoms. The summed E-state index contributed by atoms with van der Waals surface area (Å²) >= 11 is 8.34. The Bertz CT molecular complexity index is 797. The summed E-state index contributed by atoms with van der Waals surface area (Å²) in [4.78, 5) is 17.2. The number of aryl methyl sites for hydroxylation is 1. The van der Waals surface area contributed by atoms with E-state index in [2.05, 4.69) is 19.9 Å². The second-order valence-electron chi connectivity index (χ2n) is 4.40. The lowest BCUT2D eigenvalue weighted by Gasteiger charge is -2.00. The molecule has 112 valence electrons. The van der Waals surface area contributed by atoms with E-state index in [-0.39, 0.29) is 5.91 Å². The second kappa shape index (κ2) is 6.51. The minimum Gasteiger partial charge on any atom is -0.297 e. The second-order valence-corrected chi connectivity index (χ2v) is 6.45. The molecular formula is C14H11ClN4OS2. The van der Waals surface area contributed by atoms with Gasteiger partial charge in [0.05, 0.1) is 11.4 Å².